The second kappa shape index (κ2) is 6.90. The molecular formula is C20H24N2O3. The molecular weight excluding hydrogens is 316 g/mol. The van der Waals surface area contributed by atoms with E-state index >= 15 is 0 Å². The molecule has 25 heavy (non-hydrogen) atoms. The van der Waals surface area contributed by atoms with Gasteiger partial charge in [0.05, 0.1) is 12.2 Å². The number of benzene rings is 1. The lowest BCUT2D eigenvalue weighted by atomic mass is 9.80. The van der Waals surface area contributed by atoms with Crippen LogP contribution in [0.1, 0.15) is 25.7 Å². The third-order valence-corrected chi connectivity index (χ3v) is 5.58. The van der Waals surface area contributed by atoms with Crippen LogP contribution in [0.25, 0.3) is 0 Å². The number of piperazine rings is 1. The van der Waals surface area contributed by atoms with Crippen molar-refractivity contribution in [3.63, 3.8) is 0 Å². The van der Waals surface area contributed by atoms with Crippen LogP contribution in [0.3, 0.4) is 0 Å². The molecule has 5 heteroatoms. The molecule has 2 atom stereocenters. The Morgan fingerprint density at radius 3 is 2.48 bits per heavy atom. The molecule has 5 nitrogen and oxygen atoms in total. The van der Waals surface area contributed by atoms with Gasteiger partial charge in [0.2, 0.25) is 0 Å². The molecule has 0 aromatic heterocycles. The second-order valence-corrected chi connectivity index (χ2v) is 7.08. The maximum absolute atomic E-state index is 12.8. The van der Waals surface area contributed by atoms with Crippen LogP contribution in [0.5, 0.6) is 0 Å². The number of carbonyl (C=O) groups excluding carboxylic acids is 2. The molecule has 132 valence electrons. The quantitative estimate of drug-likeness (QED) is 0.776. The van der Waals surface area contributed by atoms with Gasteiger partial charge in [0.15, 0.2) is 5.78 Å². The predicted molar refractivity (Wildman–Crippen MR) is 95.2 cm³/mol. The van der Waals surface area contributed by atoms with E-state index in [0.29, 0.717) is 13.1 Å². The predicted octanol–water partition coefficient (Wildman–Crippen LogP) is 2.38. The Hall–Kier alpha value is -2.30. The summed E-state index contributed by atoms with van der Waals surface area (Å²) >= 11 is 0. The van der Waals surface area contributed by atoms with E-state index in [9.17, 15) is 9.59 Å². The van der Waals surface area contributed by atoms with E-state index in [1.54, 1.807) is 4.90 Å². The van der Waals surface area contributed by atoms with Gasteiger partial charge in [-0.15, -0.1) is 0 Å². The first-order valence-corrected chi connectivity index (χ1v) is 9.23. The van der Waals surface area contributed by atoms with E-state index in [4.69, 9.17) is 4.74 Å². The van der Waals surface area contributed by atoms with Crippen LogP contribution in [0.15, 0.2) is 42.2 Å². The Morgan fingerprint density at radius 2 is 1.72 bits per heavy atom. The molecule has 0 N–H and O–H groups in total. The fraction of sp³-hybridized carbons (Fsp3) is 0.500. The molecule has 2 unspecified atom stereocenters. The Labute approximate surface area is 148 Å². The maximum Gasteiger partial charge on any atom is 0.260 e. The number of nitrogens with zero attached hydrogens (tertiary/aromatic N) is 2. The molecule has 4 rings (SSSR count). The minimum Gasteiger partial charge on any atom is -0.496 e. The number of ketones is 1. The fourth-order valence-corrected chi connectivity index (χ4v) is 4.11. The van der Waals surface area contributed by atoms with E-state index in [1.165, 1.54) is 11.9 Å². The fourth-order valence-electron chi connectivity index (χ4n) is 4.11. The zero-order chi connectivity index (χ0) is 17.2. The van der Waals surface area contributed by atoms with Gasteiger partial charge < -0.3 is 14.5 Å². The number of para-hydroxylation sites is 1. The Kier molecular flexibility index (Phi) is 4.47. The summed E-state index contributed by atoms with van der Waals surface area (Å²) in [7, 11) is 0. The van der Waals surface area contributed by atoms with E-state index in [0.717, 1.165) is 38.8 Å². The molecule has 1 aliphatic carbocycles. The highest BCUT2D eigenvalue weighted by Crippen LogP contribution is 2.33. The van der Waals surface area contributed by atoms with E-state index in [1.807, 2.05) is 18.2 Å². The number of anilines is 1. The smallest absolute Gasteiger partial charge is 0.260 e. The highest BCUT2D eigenvalue weighted by molar-refractivity contribution is 6.20. The number of carbonyl (C=O) groups is 2. The minimum absolute atomic E-state index is 0.00793. The summed E-state index contributed by atoms with van der Waals surface area (Å²) in [5, 5.41) is 0. The third kappa shape index (κ3) is 3.15. The van der Waals surface area contributed by atoms with Gasteiger partial charge in [-0.3, -0.25) is 9.59 Å². The summed E-state index contributed by atoms with van der Waals surface area (Å²) in [5.41, 5.74) is 1.42. The third-order valence-electron chi connectivity index (χ3n) is 5.58. The molecule has 2 aliphatic heterocycles. The molecule has 2 heterocycles. The molecule has 3 aliphatic rings. The van der Waals surface area contributed by atoms with Gasteiger partial charge >= 0.3 is 0 Å². The van der Waals surface area contributed by atoms with Crippen LogP contribution in [0.2, 0.25) is 0 Å². The highest BCUT2D eigenvalue weighted by atomic mass is 16.5. The zero-order valence-corrected chi connectivity index (χ0v) is 14.4. The highest BCUT2D eigenvalue weighted by Gasteiger charge is 2.40. The van der Waals surface area contributed by atoms with E-state index in [-0.39, 0.29) is 29.3 Å². The lowest BCUT2D eigenvalue weighted by Gasteiger charge is -2.38. The van der Waals surface area contributed by atoms with Gasteiger partial charge in [0.1, 0.15) is 11.7 Å². The van der Waals surface area contributed by atoms with Crippen LogP contribution in [-0.2, 0) is 14.3 Å². The first kappa shape index (κ1) is 16.2. The standard InChI is InChI=1S/C20H24N2O3/c23-19-16-8-4-5-9-18(16)25-14-17(19)20(24)22-12-10-21(11-13-22)15-6-2-1-3-7-15/h1-3,6-7,14,16,18H,4-5,8-13H2. The largest absolute Gasteiger partial charge is 0.496 e. The van der Waals surface area contributed by atoms with Crippen molar-refractivity contribution in [2.45, 2.75) is 31.8 Å². The number of ether oxygens (including phenoxy) is 1. The van der Waals surface area contributed by atoms with E-state index < -0.39 is 0 Å². The van der Waals surface area contributed by atoms with Gasteiger partial charge in [0, 0.05) is 31.9 Å². The normalized spacial score (nSPS) is 26.6. The molecule has 1 amide bonds. The Morgan fingerprint density at radius 1 is 1.00 bits per heavy atom. The van der Waals surface area contributed by atoms with Crippen molar-refractivity contribution >= 4 is 17.4 Å². The molecule has 2 fully saturated rings. The van der Waals surface area contributed by atoms with Gasteiger partial charge in [-0.25, -0.2) is 0 Å². The first-order valence-electron chi connectivity index (χ1n) is 9.23. The number of hydrogen-bond donors (Lipinski definition) is 0. The van der Waals surface area contributed by atoms with Crippen LogP contribution in [0, 0.1) is 5.92 Å². The SMILES string of the molecule is O=C1C(C(=O)N2CCN(c3ccccc3)CC2)=COC2CCCCC12. The summed E-state index contributed by atoms with van der Waals surface area (Å²) in [6.45, 7) is 2.83. The number of Topliss-reactive ketones (excluding diaryl/α,β-unsaturated/α-hetero) is 1. The van der Waals surface area contributed by atoms with Gasteiger partial charge in [-0.2, -0.15) is 0 Å². The molecule has 1 aromatic carbocycles. The molecule has 1 aromatic rings. The van der Waals surface area contributed by atoms with Crippen molar-refractivity contribution in [2.24, 2.45) is 5.92 Å². The van der Waals surface area contributed by atoms with Crippen LogP contribution in [0.4, 0.5) is 5.69 Å². The monoisotopic (exact) mass is 340 g/mol. The molecule has 0 bridgehead atoms. The van der Waals surface area contributed by atoms with Crippen LogP contribution < -0.4 is 4.90 Å². The second-order valence-electron chi connectivity index (χ2n) is 7.08. The van der Waals surface area contributed by atoms with Gasteiger partial charge in [-0.05, 0) is 31.4 Å². The lowest BCUT2D eigenvalue weighted by molar-refractivity contribution is -0.135. The summed E-state index contributed by atoms with van der Waals surface area (Å²) in [4.78, 5) is 29.6. The summed E-state index contributed by atoms with van der Waals surface area (Å²) in [6.07, 6.45) is 5.33. The van der Waals surface area contributed by atoms with Crippen molar-refractivity contribution < 1.29 is 14.3 Å². The molecule has 1 saturated heterocycles. The maximum atomic E-state index is 12.8. The van der Waals surface area contributed by atoms with E-state index in [2.05, 4.69) is 17.0 Å². The Bertz CT molecular complexity index is 677. The van der Waals surface area contributed by atoms with Crippen molar-refractivity contribution in [3.05, 3.63) is 42.2 Å². The van der Waals surface area contributed by atoms with Crippen molar-refractivity contribution in [3.8, 4) is 0 Å². The number of hydrogen-bond acceptors (Lipinski definition) is 4. The summed E-state index contributed by atoms with van der Waals surface area (Å²) < 4.78 is 5.73. The van der Waals surface area contributed by atoms with Crippen LogP contribution in [-0.4, -0.2) is 48.9 Å². The number of amides is 1. The lowest BCUT2D eigenvalue weighted by Crippen LogP contribution is -2.51. The molecule has 0 radical (unpaired) electrons. The van der Waals surface area contributed by atoms with Crippen molar-refractivity contribution in [1.29, 1.82) is 0 Å². The van der Waals surface area contributed by atoms with Crippen molar-refractivity contribution in [1.82, 2.24) is 4.90 Å². The topological polar surface area (TPSA) is 49.9 Å². The Balaban J connectivity index is 1.40. The summed E-state index contributed by atoms with van der Waals surface area (Å²) in [6, 6.07) is 10.2. The number of rotatable bonds is 2. The molecule has 1 saturated carbocycles. The first-order chi connectivity index (χ1) is 12.2. The molecule has 0 spiro atoms. The summed E-state index contributed by atoms with van der Waals surface area (Å²) in [5.74, 6) is -0.295. The minimum atomic E-state index is -0.165. The average molecular weight is 340 g/mol. The van der Waals surface area contributed by atoms with Crippen LogP contribution >= 0.6 is 0 Å². The van der Waals surface area contributed by atoms with Gasteiger partial charge in [-0.1, -0.05) is 24.6 Å². The van der Waals surface area contributed by atoms with Gasteiger partial charge in [0.25, 0.3) is 5.91 Å². The average Bonchev–Trinajstić information content (AvgIpc) is 2.69. The number of fused-ring (bicyclic) bond motifs is 1. The van der Waals surface area contributed by atoms with Crippen molar-refractivity contribution in [2.75, 3.05) is 31.1 Å². The zero-order valence-electron chi connectivity index (χ0n) is 14.4.